The second-order valence-corrected chi connectivity index (χ2v) is 3.81. The molecular weight excluding hydrogens is 216 g/mol. The highest BCUT2D eigenvalue weighted by Gasteiger charge is 2.23. The molecule has 0 aromatic heterocycles. The fourth-order valence-electron chi connectivity index (χ4n) is 1.94. The molecule has 2 N–H and O–H groups in total. The van der Waals surface area contributed by atoms with E-state index in [1.54, 1.807) is 0 Å². The van der Waals surface area contributed by atoms with Crippen LogP contribution in [0.2, 0.25) is 0 Å². The summed E-state index contributed by atoms with van der Waals surface area (Å²) in [5.41, 5.74) is -0.417. The van der Waals surface area contributed by atoms with E-state index < -0.39 is 23.2 Å². The molecule has 1 saturated heterocycles. The Morgan fingerprint density at radius 2 is 2.12 bits per heavy atom. The van der Waals surface area contributed by atoms with E-state index in [1.807, 2.05) is 0 Å². The summed E-state index contributed by atoms with van der Waals surface area (Å²) >= 11 is 0. The van der Waals surface area contributed by atoms with Gasteiger partial charge >= 0.3 is 5.97 Å². The predicted octanol–water partition coefficient (Wildman–Crippen LogP) is 2.09. The van der Waals surface area contributed by atoms with E-state index in [9.17, 15) is 13.6 Å². The maximum absolute atomic E-state index is 13.6. The molecule has 0 spiro atoms. The monoisotopic (exact) mass is 227 g/mol. The van der Waals surface area contributed by atoms with E-state index in [4.69, 9.17) is 5.11 Å². The van der Waals surface area contributed by atoms with E-state index in [-0.39, 0.29) is 11.6 Å². The number of benzene rings is 1. The third-order valence-corrected chi connectivity index (χ3v) is 2.75. The maximum Gasteiger partial charge on any atom is 0.338 e. The van der Waals surface area contributed by atoms with Gasteiger partial charge in [-0.2, -0.15) is 0 Å². The van der Waals surface area contributed by atoms with Crippen molar-refractivity contribution in [1.82, 2.24) is 5.32 Å². The molecule has 0 aliphatic carbocycles. The zero-order valence-corrected chi connectivity index (χ0v) is 8.46. The lowest BCUT2D eigenvalue weighted by molar-refractivity contribution is 0.0691. The van der Waals surface area contributed by atoms with Gasteiger partial charge in [0, 0.05) is 11.6 Å². The van der Waals surface area contributed by atoms with Gasteiger partial charge in [-0.05, 0) is 31.5 Å². The minimum absolute atomic E-state index is 0.208. The summed E-state index contributed by atoms with van der Waals surface area (Å²) < 4.78 is 26.9. The van der Waals surface area contributed by atoms with Gasteiger partial charge < -0.3 is 10.4 Å². The Balaban J connectivity index is 2.40. The van der Waals surface area contributed by atoms with Crippen molar-refractivity contribution >= 4 is 5.97 Å². The van der Waals surface area contributed by atoms with Crippen molar-refractivity contribution in [1.29, 1.82) is 0 Å². The fraction of sp³-hybridized carbons (Fsp3) is 0.364. The Kier molecular flexibility index (Phi) is 2.87. The van der Waals surface area contributed by atoms with Crippen LogP contribution in [-0.2, 0) is 0 Å². The second-order valence-electron chi connectivity index (χ2n) is 3.81. The molecular formula is C11H11F2NO2. The van der Waals surface area contributed by atoms with Crippen molar-refractivity contribution < 1.29 is 18.7 Å². The summed E-state index contributed by atoms with van der Waals surface area (Å²) in [6.45, 7) is 0.770. The van der Waals surface area contributed by atoms with E-state index in [0.29, 0.717) is 0 Å². The summed E-state index contributed by atoms with van der Waals surface area (Å²) in [7, 11) is 0. The van der Waals surface area contributed by atoms with Gasteiger partial charge in [-0.1, -0.05) is 0 Å². The molecule has 1 atom stereocenters. The summed E-state index contributed by atoms with van der Waals surface area (Å²) in [6.07, 6.45) is 1.65. The van der Waals surface area contributed by atoms with Crippen LogP contribution in [0.1, 0.15) is 34.8 Å². The van der Waals surface area contributed by atoms with Crippen LogP contribution in [0, 0.1) is 11.6 Å². The molecule has 2 rings (SSSR count). The van der Waals surface area contributed by atoms with Gasteiger partial charge in [0.1, 0.15) is 11.6 Å². The Morgan fingerprint density at radius 1 is 1.38 bits per heavy atom. The highest BCUT2D eigenvalue weighted by Crippen LogP contribution is 2.27. The minimum Gasteiger partial charge on any atom is -0.478 e. The van der Waals surface area contributed by atoms with Crippen molar-refractivity contribution in [3.8, 4) is 0 Å². The number of carboxylic acid groups (broad SMARTS) is 1. The quantitative estimate of drug-likeness (QED) is 0.813. The lowest BCUT2D eigenvalue weighted by atomic mass is 10.0. The first-order chi connectivity index (χ1) is 7.59. The molecule has 1 aromatic carbocycles. The molecule has 0 radical (unpaired) electrons. The third-order valence-electron chi connectivity index (χ3n) is 2.75. The van der Waals surface area contributed by atoms with E-state index in [0.717, 1.165) is 31.5 Å². The number of halogens is 2. The molecule has 86 valence electrons. The van der Waals surface area contributed by atoms with Crippen LogP contribution in [-0.4, -0.2) is 17.6 Å². The van der Waals surface area contributed by atoms with Crippen molar-refractivity contribution in [3.63, 3.8) is 0 Å². The largest absolute Gasteiger partial charge is 0.478 e. The molecule has 1 aliphatic rings. The molecule has 0 saturated carbocycles. The molecule has 1 heterocycles. The van der Waals surface area contributed by atoms with Crippen LogP contribution in [0.3, 0.4) is 0 Å². The van der Waals surface area contributed by atoms with Gasteiger partial charge in [0.25, 0.3) is 0 Å². The van der Waals surface area contributed by atoms with Crippen LogP contribution in [0.15, 0.2) is 12.1 Å². The number of nitrogens with one attached hydrogen (secondary N) is 1. The highest BCUT2D eigenvalue weighted by molar-refractivity contribution is 5.88. The minimum atomic E-state index is -1.46. The lowest BCUT2D eigenvalue weighted by Gasteiger charge is -2.12. The van der Waals surface area contributed by atoms with Gasteiger partial charge in [0.05, 0.1) is 5.56 Å². The standard InChI is InChI=1S/C11H11F2NO2/c12-8-5-7(11(15)16)9(13)4-6(8)10-2-1-3-14-10/h4-5,10,14H,1-3H2,(H,15,16). The molecule has 3 nitrogen and oxygen atoms in total. The number of hydrogen-bond acceptors (Lipinski definition) is 2. The van der Waals surface area contributed by atoms with E-state index >= 15 is 0 Å². The number of carboxylic acids is 1. The van der Waals surface area contributed by atoms with E-state index in [2.05, 4.69) is 5.32 Å². The normalized spacial score (nSPS) is 20.0. The Hall–Kier alpha value is -1.49. The SMILES string of the molecule is O=C(O)c1cc(F)c(C2CCCN2)cc1F. The molecule has 16 heavy (non-hydrogen) atoms. The van der Waals surface area contributed by atoms with Crippen molar-refractivity contribution in [2.45, 2.75) is 18.9 Å². The van der Waals surface area contributed by atoms with Gasteiger partial charge in [-0.15, -0.1) is 0 Å². The fourth-order valence-corrected chi connectivity index (χ4v) is 1.94. The Morgan fingerprint density at radius 3 is 2.69 bits per heavy atom. The summed E-state index contributed by atoms with van der Waals surface area (Å²) in [6, 6.07) is 1.51. The first-order valence-electron chi connectivity index (χ1n) is 5.05. The van der Waals surface area contributed by atoms with Crippen molar-refractivity contribution in [3.05, 3.63) is 34.9 Å². The molecule has 1 aliphatic heterocycles. The summed E-state index contributed by atoms with van der Waals surface area (Å²) in [5, 5.41) is 11.7. The number of carbonyl (C=O) groups is 1. The molecule has 1 fully saturated rings. The van der Waals surface area contributed by atoms with Gasteiger partial charge in [-0.3, -0.25) is 0 Å². The average Bonchev–Trinajstić information content (AvgIpc) is 2.73. The molecule has 1 unspecified atom stereocenters. The predicted molar refractivity (Wildman–Crippen MR) is 53.3 cm³/mol. The molecule has 0 amide bonds. The zero-order valence-electron chi connectivity index (χ0n) is 8.46. The number of aromatic carboxylic acids is 1. The Bertz CT molecular complexity index is 428. The van der Waals surface area contributed by atoms with E-state index in [1.165, 1.54) is 0 Å². The zero-order chi connectivity index (χ0) is 11.7. The van der Waals surface area contributed by atoms with Gasteiger partial charge in [0.2, 0.25) is 0 Å². The number of hydrogen-bond donors (Lipinski definition) is 2. The first-order valence-corrected chi connectivity index (χ1v) is 5.05. The topological polar surface area (TPSA) is 49.3 Å². The van der Waals surface area contributed by atoms with Crippen LogP contribution in [0.4, 0.5) is 8.78 Å². The third kappa shape index (κ3) is 1.90. The lowest BCUT2D eigenvalue weighted by Crippen LogP contribution is -2.15. The second kappa shape index (κ2) is 4.17. The van der Waals surface area contributed by atoms with Crippen LogP contribution in [0.5, 0.6) is 0 Å². The Labute approximate surface area is 91.1 Å². The number of rotatable bonds is 2. The average molecular weight is 227 g/mol. The van der Waals surface area contributed by atoms with Gasteiger partial charge in [0.15, 0.2) is 0 Å². The van der Waals surface area contributed by atoms with Crippen LogP contribution in [0.25, 0.3) is 0 Å². The smallest absolute Gasteiger partial charge is 0.338 e. The van der Waals surface area contributed by atoms with Crippen LogP contribution >= 0.6 is 0 Å². The molecule has 1 aromatic rings. The van der Waals surface area contributed by atoms with Gasteiger partial charge in [-0.25, -0.2) is 13.6 Å². The van der Waals surface area contributed by atoms with Crippen molar-refractivity contribution in [2.75, 3.05) is 6.54 Å². The van der Waals surface area contributed by atoms with Crippen LogP contribution < -0.4 is 5.32 Å². The summed E-state index contributed by atoms with van der Waals surface area (Å²) in [4.78, 5) is 10.6. The molecule has 5 heteroatoms. The highest BCUT2D eigenvalue weighted by atomic mass is 19.1. The first kappa shape index (κ1) is 11.0. The maximum atomic E-state index is 13.6. The molecule has 0 bridgehead atoms. The summed E-state index contributed by atoms with van der Waals surface area (Å²) in [5.74, 6) is -3.02. The van der Waals surface area contributed by atoms with Crippen molar-refractivity contribution in [2.24, 2.45) is 0 Å².